The number of carboxylic acid groups (broad SMARTS) is 1. The molecule has 102 valence electrons. The topological polar surface area (TPSA) is 66.8 Å². The van der Waals surface area contributed by atoms with Gasteiger partial charge in [-0.25, -0.2) is 4.79 Å². The highest BCUT2D eigenvalue weighted by molar-refractivity contribution is 5.74. The lowest BCUT2D eigenvalue weighted by molar-refractivity contribution is -0.151. The van der Waals surface area contributed by atoms with Gasteiger partial charge in [0.1, 0.15) is 6.61 Å². The van der Waals surface area contributed by atoms with E-state index in [1.54, 1.807) is 18.7 Å². The highest BCUT2D eigenvalue weighted by Gasteiger charge is 2.39. The van der Waals surface area contributed by atoms with Gasteiger partial charge in [-0.1, -0.05) is 12.7 Å². The van der Waals surface area contributed by atoms with E-state index in [1.165, 1.54) is 6.08 Å². The summed E-state index contributed by atoms with van der Waals surface area (Å²) in [4.78, 5) is 24.4. The summed E-state index contributed by atoms with van der Waals surface area (Å²) in [5.74, 6) is -0.686. The maximum Gasteiger partial charge on any atom is 0.410 e. The molecule has 0 saturated carbocycles. The molecular formula is C13H21NO4. The number of likely N-dealkylation sites (tertiary alicyclic amines) is 1. The van der Waals surface area contributed by atoms with Gasteiger partial charge >= 0.3 is 12.1 Å². The van der Waals surface area contributed by atoms with Crippen LogP contribution in [0.25, 0.3) is 0 Å². The van der Waals surface area contributed by atoms with Gasteiger partial charge in [0.15, 0.2) is 0 Å². The molecule has 5 nitrogen and oxygen atoms in total. The van der Waals surface area contributed by atoms with Crippen molar-refractivity contribution < 1.29 is 19.4 Å². The number of aliphatic carboxylic acids is 1. The third kappa shape index (κ3) is 3.24. The molecule has 1 aliphatic heterocycles. The second kappa shape index (κ2) is 5.89. The molecule has 0 radical (unpaired) electrons. The van der Waals surface area contributed by atoms with Crippen LogP contribution in [-0.4, -0.2) is 41.8 Å². The highest BCUT2D eigenvalue weighted by Crippen LogP contribution is 2.35. The zero-order valence-corrected chi connectivity index (χ0v) is 11.0. The standard InChI is InChI=1S/C13H21NO4/c1-4-9-18-12(17)14-7-5-10(6-8-14)13(2,3)11(15)16/h4,10H,1,5-9H2,2-3H3,(H,15,16). The Balaban J connectivity index is 2.48. The fourth-order valence-corrected chi connectivity index (χ4v) is 2.18. The van der Waals surface area contributed by atoms with Crippen LogP contribution in [0, 0.1) is 11.3 Å². The van der Waals surface area contributed by atoms with Crippen LogP contribution in [0.3, 0.4) is 0 Å². The van der Waals surface area contributed by atoms with Gasteiger partial charge in [0.2, 0.25) is 0 Å². The van der Waals surface area contributed by atoms with E-state index in [0.29, 0.717) is 25.9 Å². The van der Waals surface area contributed by atoms with Crippen molar-refractivity contribution in [3.05, 3.63) is 12.7 Å². The molecule has 1 rings (SSSR count). The second-order valence-corrected chi connectivity index (χ2v) is 5.15. The van der Waals surface area contributed by atoms with Gasteiger partial charge in [0.05, 0.1) is 5.41 Å². The lowest BCUT2D eigenvalue weighted by Gasteiger charge is -2.37. The number of ether oxygens (including phenoxy) is 1. The summed E-state index contributed by atoms with van der Waals surface area (Å²) in [6, 6.07) is 0. The van der Waals surface area contributed by atoms with E-state index < -0.39 is 11.4 Å². The minimum absolute atomic E-state index is 0.0958. The largest absolute Gasteiger partial charge is 0.481 e. The summed E-state index contributed by atoms with van der Waals surface area (Å²) in [5.41, 5.74) is -0.739. The number of carbonyl (C=O) groups excluding carboxylic acids is 1. The van der Waals surface area contributed by atoms with Gasteiger partial charge in [0, 0.05) is 13.1 Å². The normalized spacial score (nSPS) is 17.3. The van der Waals surface area contributed by atoms with E-state index in [2.05, 4.69) is 6.58 Å². The summed E-state index contributed by atoms with van der Waals surface area (Å²) >= 11 is 0. The van der Waals surface area contributed by atoms with Crippen molar-refractivity contribution in [2.24, 2.45) is 11.3 Å². The molecule has 1 saturated heterocycles. The summed E-state index contributed by atoms with van der Waals surface area (Å²) in [6.07, 6.45) is 2.57. The van der Waals surface area contributed by atoms with E-state index in [-0.39, 0.29) is 18.6 Å². The Hall–Kier alpha value is -1.52. The van der Waals surface area contributed by atoms with Gasteiger partial charge in [-0.05, 0) is 32.6 Å². The number of piperidine rings is 1. The molecule has 1 amide bonds. The Kier molecular flexibility index (Phi) is 4.76. The Bertz CT molecular complexity index is 330. The first-order valence-corrected chi connectivity index (χ1v) is 6.15. The fraction of sp³-hybridized carbons (Fsp3) is 0.692. The van der Waals surface area contributed by atoms with Crippen LogP contribution in [0.15, 0.2) is 12.7 Å². The number of nitrogens with zero attached hydrogens (tertiary/aromatic N) is 1. The van der Waals surface area contributed by atoms with E-state index >= 15 is 0 Å². The lowest BCUT2D eigenvalue weighted by Crippen LogP contribution is -2.44. The first-order valence-electron chi connectivity index (χ1n) is 6.15. The Morgan fingerprint density at radius 2 is 2.00 bits per heavy atom. The van der Waals surface area contributed by atoms with Crippen molar-refractivity contribution in [1.29, 1.82) is 0 Å². The molecule has 0 unspecified atom stereocenters. The third-order valence-corrected chi connectivity index (χ3v) is 3.65. The monoisotopic (exact) mass is 255 g/mol. The molecule has 0 aliphatic carbocycles. The van der Waals surface area contributed by atoms with Crippen LogP contribution in [0.2, 0.25) is 0 Å². The molecule has 1 aliphatic rings. The molecule has 0 spiro atoms. The molecule has 0 atom stereocenters. The average Bonchev–Trinajstić information content (AvgIpc) is 2.35. The van der Waals surface area contributed by atoms with Crippen molar-refractivity contribution in [2.75, 3.05) is 19.7 Å². The van der Waals surface area contributed by atoms with Crippen molar-refractivity contribution in [1.82, 2.24) is 4.90 Å². The Labute approximate surface area is 107 Å². The smallest absolute Gasteiger partial charge is 0.410 e. The number of hydrogen-bond donors (Lipinski definition) is 1. The molecule has 0 aromatic rings. The lowest BCUT2D eigenvalue weighted by atomic mass is 9.74. The van der Waals surface area contributed by atoms with Crippen LogP contribution in [0.1, 0.15) is 26.7 Å². The number of amides is 1. The zero-order chi connectivity index (χ0) is 13.8. The van der Waals surface area contributed by atoms with E-state index in [4.69, 9.17) is 9.84 Å². The maximum atomic E-state index is 11.6. The zero-order valence-electron chi connectivity index (χ0n) is 11.0. The van der Waals surface area contributed by atoms with E-state index in [0.717, 1.165) is 0 Å². The summed E-state index contributed by atoms with van der Waals surface area (Å²) in [6.45, 7) is 8.28. The number of carbonyl (C=O) groups is 2. The average molecular weight is 255 g/mol. The molecule has 0 aromatic carbocycles. The van der Waals surface area contributed by atoms with Crippen molar-refractivity contribution >= 4 is 12.1 Å². The number of rotatable bonds is 4. The van der Waals surface area contributed by atoms with Gasteiger partial charge in [-0.2, -0.15) is 0 Å². The quantitative estimate of drug-likeness (QED) is 0.781. The molecule has 0 aromatic heterocycles. The fourth-order valence-electron chi connectivity index (χ4n) is 2.18. The van der Waals surface area contributed by atoms with Crippen LogP contribution in [0.4, 0.5) is 4.79 Å². The van der Waals surface area contributed by atoms with Crippen molar-refractivity contribution in [2.45, 2.75) is 26.7 Å². The Morgan fingerprint density at radius 3 is 2.44 bits per heavy atom. The van der Waals surface area contributed by atoms with Crippen LogP contribution >= 0.6 is 0 Å². The molecule has 0 bridgehead atoms. The summed E-state index contributed by atoms with van der Waals surface area (Å²) < 4.78 is 4.95. The van der Waals surface area contributed by atoms with Crippen LogP contribution < -0.4 is 0 Å². The van der Waals surface area contributed by atoms with E-state index in [9.17, 15) is 9.59 Å². The van der Waals surface area contributed by atoms with Crippen LogP contribution in [-0.2, 0) is 9.53 Å². The van der Waals surface area contributed by atoms with Gasteiger partial charge in [-0.3, -0.25) is 4.79 Å². The second-order valence-electron chi connectivity index (χ2n) is 5.15. The van der Waals surface area contributed by atoms with Gasteiger partial charge < -0.3 is 14.7 Å². The maximum absolute atomic E-state index is 11.6. The molecule has 1 N–H and O–H groups in total. The number of hydrogen-bond acceptors (Lipinski definition) is 3. The van der Waals surface area contributed by atoms with Crippen molar-refractivity contribution in [3.63, 3.8) is 0 Å². The first kappa shape index (κ1) is 14.5. The Morgan fingerprint density at radius 1 is 1.44 bits per heavy atom. The van der Waals surface area contributed by atoms with Gasteiger partial charge in [0.25, 0.3) is 0 Å². The highest BCUT2D eigenvalue weighted by atomic mass is 16.6. The predicted molar refractivity (Wildman–Crippen MR) is 67.3 cm³/mol. The SMILES string of the molecule is C=CCOC(=O)N1CCC(C(C)(C)C(=O)O)CC1. The molecule has 1 heterocycles. The third-order valence-electron chi connectivity index (χ3n) is 3.65. The number of carboxylic acids is 1. The summed E-state index contributed by atoms with van der Waals surface area (Å²) in [5, 5.41) is 9.17. The van der Waals surface area contributed by atoms with Crippen LogP contribution in [0.5, 0.6) is 0 Å². The van der Waals surface area contributed by atoms with Crippen molar-refractivity contribution in [3.8, 4) is 0 Å². The molecule has 18 heavy (non-hydrogen) atoms. The van der Waals surface area contributed by atoms with Gasteiger partial charge in [-0.15, -0.1) is 0 Å². The van der Waals surface area contributed by atoms with E-state index in [1.807, 2.05) is 0 Å². The summed E-state index contributed by atoms with van der Waals surface area (Å²) in [7, 11) is 0. The molecule has 5 heteroatoms. The minimum Gasteiger partial charge on any atom is -0.481 e. The minimum atomic E-state index is -0.782. The molecule has 1 fully saturated rings. The predicted octanol–water partition coefficient (Wildman–Crippen LogP) is 2.13. The molecular weight excluding hydrogens is 234 g/mol. The first-order chi connectivity index (χ1) is 8.39.